The van der Waals surface area contributed by atoms with Gasteiger partial charge in [0.1, 0.15) is 6.54 Å². The minimum Gasteiger partial charge on any atom is -0.444 e. The van der Waals surface area contributed by atoms with Crippen LogP contribution in [0.2, 0.25) is 0 Å². The number of carbonyl (C=O) groups excluding carboxylic acids is 2. The maximum absolute atomic E-state index is 12.1. The molecule has 10 nitrogen and oxygen atoms in total. The van der Waals surface area contributed by atoms with E-state index in [1.807, 2.05) is 0 Å². The number of hydrogen-bond acceptors (Lipinski definition) is 6. The number of nitrogens with one attached hydrogen (secondary N) is 1. The number of benzene rings is 1. The van der Waals surface area contributed by atoms with Crippen molar-refractivity contribution in [2.45, 2.75) is 6.54 Å². The molecule has 2 heterocycles. The van der Waals surface area contributed by atoms with Gasteiger partial charge in [0, 0.05) is 5.69 Å². The van der Waals surface area contributed by atoms with Crippen LogP contribution < -0.4 is 16.7 Å². The van der Waals surface area contributed by atoms with E-state index in [9.17, 15) is 14.4 Å². The summed E-state index contributed by atoms with van der Waals surface area (Å²) in [5.41, 5.74) is 5.34. The fourth-order valence-corrected chi connectivity index (χ4v) is 2.30. The summed E-state index contributed by atoms with van der Waals surface area (Å²) in [6.07, 6.45) is 0. The quantitative estimate of drug-likeness (QED) is 0.633. The van der Waals surface area contributed by atoms with Crippen LogP contribution in [0.4, 0.5) is 5.69 Å². The lowest BCUT2D eigenvalue weighted by Crippen LogP contribution is -2.30. The molecule has 0 saturated heterocycles. The Kier molecular flexibility index (Phi) is 4.48. The molecule has 0 fully saturated rings. The van der Waals surface area contributed by atoms with E-state index < -0.39 is 17.5 Å². The molecule has 1 aromatic carbocycles. The van der Waals surface area contributed by atoms with Gasteiger partial charge in [-0.3, -0.25) is 9.59 Å². The molecule has 0 atom stereocenters. The van der Waals surface area contributed by atoms with Gasteiger partial charge in [-0.1, -0.05) is 0 Å². The molecule has 0 aliphatic carbocycles. The van der Waals surface area contributed by atoms with E-state index in [-0.39, 0.29) is 12.3 Å². The smallest absolute Gasteiger partial charge is 0.368 e. The number of hydrogen-bond donors (Lipinski definition) is 2. The first-order valence-electron chi connectivity index (χ1n) is 6.92. The number of amides is 2. The number of anilines is 1. The van der Waals surface area contributed by atoms with E-state index in [2.05, 4.69) is 31.7 Å². The molecule has 0 unspecified atom stereocenters. The number of tetrazole rings is 1. The highest BCUT2D eigenvalue weighted by Gasteiger charge is 2.12. The van der Waals surface area contributed by atoms with Crippen LogP contribution in [0.1, 0.15) is 10.6 Å². The molecule has 128 valence electrons. The van der Waals surface area contributed by atoms with Crippen LogP contribution in [0, 0.1) is 0 Å². The Bertz CT molecular complexity index is 987. The van der Waals surface area contributed by atoms with Gasteiger partial charge in [0.2, 0.25) is 5.91 Å². The molecule has 0 aliphatic heterocycles. The minimum absolute atomic E-state index is 0.154. The summed E-state index contributed by atoms with van der Waals surface area (Å²) in [6, 6.07) is 9.45. The SMILES string of the molecule is NC(=O)Cn1nnn(-c2ccc(NC(=O)c3ccc(Br)o3)cc2)c1=O. The standard InChI is InChI=1S/C14H11BrN6O4/c15-11-6-5-10(25-11)13(23)17-8-1-3-9(4-2-8)21-14(24)20(18-19-21)7-12(16)22/h1-6H,7H2,(H2,16,22)(H,17,23). The number of carbonyl (C=O) groups is 2. The average molecular weight is 407 g/mol. The van der Waals surface area contributed by atoms with Crippen molar-refractivity contribution in [1.82, 2.24) is 19.8 Å². The van der Waals surface area contributed by atoms with Crippen LogP contribution in [-0.2, 0) is 11.3 Å². The van der Waals surface area contributed by atoms with Crippen molar-refractivity contribution in [3.63, 3.8) is 0 Å². The highest BCUT2D eigenvalue weighted by Crippen LogP contribution is 2.17. The molecule has 0 radical (unpaired) electrons. The summed E-state index contributed by atoms with van der Waals surface area (Å²) in [5, 5.41) is 9.91. The summed E-state index contributed by atoms with van der Waals surface area (Å²) >= 11 is 3.12. The molecule has 0 spiro atoms. The van der Waals surface area contributed by atoms with E-state index in [0.717, 1.165) is 9.36 Å². The highest BCUT2D eigenvalue weighted by atomic mass is 79.9. The third-order valence-corrected chi connectivity index (χ3v) is 3.54. The highest BCUT2D eigenvalue weighted by molar-refractivity contribution is 9.10. The van der Waals surface area contributed by atoms with Crippen LogP contribution in [0.5, 0.6) is 0 Å². The fraction of sp³-hybridized carbons (Fsp3) is 0.0714. The minimum atomic E-state index is -0.697. The number of halogens is 1. The van der Waals surface area contributed by atoms with Gasteiger partial charge in [-0.2, -0.15) is 9.36 Å². The zero-order valence-corrected chi connectivity index (χ0v) is 14.1. The van der Waals surface area contributed by atoms with Gasteiger partial charge in [-0.25, -0.2) is 4.79 Å². The number of nitrogens with zero attached hydrogens (tertiary/aromatic N) is 4. The van der Waals surface area contributed by atoms with Crippen LogP contribution >= 0.6 is 15.9 Å². The van der Waals surface area contributed by atoms with Gasteiger partial charge in [0.05, 0.1) is 5.69 Å². The zero-order valence-electron chi connectivity index (χ0n) is 12.5. The molecule has 2 aromatic heterocycles. The lowest BCUT2D eigenvalue weighted by atomic mass is 10.2. The summed E-state index contributed by atoms with van der Waals surface area (Å²) in [6.45, 7) is -0.355. The van der Waals surface area contributed by atoms with E-state index in [1.165, 1.54) is 6.07 Å². The molecule has 11 heteroatoms. The molecule has 0 saturated carbocycles. The monoisotopic (exact) mass is 406 g/mol. The van der Waals surface area contributed by atoms with E-state index in [4.69, 9.17) is 10.2 Å². The molecular formula is C14H11BrN6O4. The third kappa shape index (κ3) is 3.66. The van der Waals surface area contributed by atoms with E-state index in [1.54, 1.807) is 30.3 Å². The van der Waals surface area contributed by atoms with Crippen molar-refractivity contribution in [1.29, 1.82) is 0 Å². The second-order valence-corrected chi connectivity index (χ2v) is 5.68. The second-order valence-electron chi connectivity index (χ2n) is 4.90. The van der Waals surface area contributed by atoms with Crippen LogP contribution in [0.15, 0.2) is 50.3 Å². The van der Waals surface area contributed by atoms with Crippen molar-refractivity contribution in [3.8, 4) is 5.69 Å². The second kappa shape index (κ2) is 6.73. The van der Waals surface area contributed by atoms with Gasteiger partial charge in [-0.15, -0.1) is 0 Å². The molecule has 0 bridgehead atoms. The maximum Gasteiger partial charge on any atom is 0.368 e. The predicted octanol–water partition coefficient (Wildman–Crippen LogP) is 0.522. The van der Waals surface area contributed by atoms with Gasteiger partial charge < -0.3 is 15.5 Å². The number of primary amides is 1. The maximum atomic E-state index is 12.1. The van der Waals surface area contributed by atoms with Crippen molar-refractivity contribution in [2.24, 2.45) is 5.73 Å². The Morgan fingerprint density at radius 2 is 1.88 bits per heavy atom. The molecule has 0 aliphatic rings. The Balaban J connectivity index is 1.76. The Morgan fingerprint density at radius 1 is 1.16 bits per heavy atom. The molecular weight excluding hydrogens is 396 g/mol. The first kappa shape index (κ1) is 16.6. The van der Waals surface area contributed by atoms with Gasteiger partial charge in [0.25, 0.3) is 5.91 Å². The molecule has 2 amide bonds. The fourth-order valence-electron chi connectivity index (χ4n) is 2.00. The Morgan fingerprint density at radius 3 is 2.48 bits per heavy atom. The van der Waals surface area contributed by atoms with Crippen molar-refractivity contribution >= 4 is 33.4 Å². The lowest BCUT2D eigenvalue weighted by Gasteiger charge is -2.04. The largest absolute Gasteiger partial charge is 0.444 e. The summed E-state index contributed by atoms with van der Waals surface area (Å²) in [7, 11) is 0. The number of aromatic nitrogens is 4. The third-order valence-electron chi connectivity index (χ3n) is 3.11. The summed E-state index contributed by atoms with van der Waals surface area (Å²) in [4.78, 5) is 34.9. The van der Waals surface area contributed by atoms with Crippen molar-refractivity contribution in [3.05, 3.63) is 57.3 Å². The summed E-state index contributed by atoms with van der Waals surface area (Å²) < 4.78 is 7.48. The zero-order chi connectivity index (χ0) is 18.0. The van der Waals surface area contributed by atoms with Crippen molar-refractivity contribution < 1.29 is 14.0 Å². The average Bonchev–Trinajstić information content (AvgIpc) is 3.15. The van der Waals surface area contributed by atoms with Gasteiger partial charge >= 0.3 is 5.69 Å². The van der Waals surface area contributed by atoms with Gasteiger partial charge in [0.15, 0.2) is 10.4 Å². The lowest BCUT2D eigenvalue weighted by molar-refractivity contribution is -0.118. The first-order chi connectivity index (χ1) is 11.9. The van der Waals surface area contributed by atoms with Crippen LogP contribution in [-0.4, -0.2) is 31.6 Å². The van der Waals surface area contributed by atoms with Crippen molar-refractivity contribution in [2.75, 3.05) is 5.32 Å². The Hall–Kier alpha value is -3.21. The molecule has 3 aromatic rings. The topological polar surface area (TPSA) is 138 Å². The molecule has 3 N–H and O–H groups in total. The van der Waals surface area contributed by atoms with E-state index in [0.29, 0.717) is 16.0 Å². The summed E-state index contributed by atoms with van der Waals surface area (Å²) in [5.74, 6) is -0.957. The Labute approximate surface area is 148 Å². The first-order valence-corrected chi connectivity index (χ1v) is 7.71. The normalized spacial score (nSPS) is 10.6. The van der Waals surface area contributed by atoms with Gasteiger partial charge in [-0.05, 0) is 62.8 Å². The molecule has 3 rings (SSSR count). The van der Waals surface area contributed by atoms with E-state index >= 15 is 0 Å². The number of furan rings is 1. The number of rotatable bonds is 5. The van der Waals surface area contributed by atoms with Crippen LogP contribution in [0.3, 0.4) is 0 Å². The predicted molar refractivity (Wildman–Crippen MR) is 89.2 cm³/mol. The van der Waals surface area contributed by atoms with Crippen LogP contribution in [0.25, 0.3) is 5.69 Å². The molecule has 25 heavy (non-hydrogen) atoms. The number of nitrogens with two attached hydrogens (primary N) is 1.